The number of aliphatic hydroxyl groups is 1. The van der Waals surface area contributed by atoms with Gasteiger partial charge < -0.3 is 15.6 Å². The Labute approximate surface area is 271 Å². The Morgan fingerprint density at radius 2 is 1.36 bits per heavy atom. The van der Waals surface area contributed by atoms with Gasteiger partial charge in [0, 0.05) is 12.0 Å². The molecule has 2 aromatic heterocycles. The van der Waals surface area contributed by atoms with Crippen LogP contribution in [0.25, 0.3) is 11.2 Å². The summed E-state index contributed by atoms with van der Waals surface area (Å²) in [7, 11) is 1.38. The number of ether oxygens (including phenoxy) is 1. The first kappa shape index (κ1) is 30.4. The molecule has 10 heteroatoms. The number of hydrogen-bond donors (Lipinski definition) is 2. The van der Waals surface area contributed by atoms with E-state index in [-0.39, 0.29) is 12.2 Å². The molecule has 1 aliphatic heterocycles. The molecule has 47 heavy (non-hydrogen) atoms. The maximum Gasteiger partial charge on any atom is 0.209 e. The second-order valence-electron chi connectivity index (χ2n) is 11.4. The van der Waals surface area contributed by atoms with E-state index < -0.39 is 35.2 Å². The van der Waals surface area contributed by atoms with Crippen molar-refractivity contribution in [1.29, 1.82) is 0 Å². The standard InChI is InChI=1S/C37H33N5O5/c1-45-47-37(32(44)25-14-6-2-7-15-25,30-22-29(43)35(46-30)42-24-41-31-33(38)39-23-40-34(31)42)36(26-16-8-3-9-17-26,27-18-10-4-11-19-27)28-20-12-5-13-21-28/h2-21,23-24,29-30,35,43H,22H2,1H3,(H2,38,39,40)/t29-,30+,35-,37?/m1/s1. The molecule has 7 rings (SSSR count). The summed E-state index contributed by atoms with van der Waals surface area (Å²) in [5, 5.41) is 11.8. The summed E-state index contributed by atoms with van der Waals surface area (Å²) in [6.07, 6.45) is -0.340. The van der Waals surface area contributed by atoms with Crippen LogP contribution in [0.5, 0.6) is 0 Å². The first-order valence-corrected chi connectivity index (χ1v) is 15.3. The van der Waals surface area contributed by atoms with E-state index in [4.69, 9.17) is 20.2 Å². The average molecular weight is 628 g/mol. The van der Waals surface area contributed by atoms with Crippen molar-refractivity contribution in [2.24, 2.45) is 0 Å². The van der Waals surface area contributed by atoms with Gasteiger partial charge in [0.25, 0.3) is 0 Å². The number of Topliss-reactive ketones (excluding diaryl/α,β-unsaturated/α-hetero) is 1. The molecule has 0 amide bonds. The van der Waals surface area contributed by atoms with Crippen molar-refractivity contribution >= 4 is 22.8 Å². The Hall–Kier alpha value is -5.26. The molecule has 0 saturated carbocycles. The number of benzene rings is 4. The van der Waals surface area contributed by atoms with E-state index in [1.807, 2.05) is 97.1 Å². The number of aliphatic hydroxyl groups excluding tert-OH is 1. The van der Waals surface area contributed by atoms with E-state index in [0.29, 0.717) is 16.7 Å². The predicted molar refractivity (Wildman–Crippen MR) is 175 cm³/mol. The summed E-state index contributed by atoms with van der Waals surface area (Å²) in [5.74, 6) is -0.193. The molecule has 0 radical (unpaired) electrons. The van der Waals surface area contributed by atoms with Crippen molar-refractivity contribution in [2.45, 2.75) is 35.9 Å². The lowest BCUT2D eigenvalue weighted by Gasteiger charge is -2.51. The number of nitrogens with two attached hydrogens (primary N) is 1. The minimum atomic E-state index is -1.95. The largest absolute Gasteiger partial charge is 0.388 e. The summed E-state index contributed by atoms with van der Waals surface area (Å²) >= 11 is 0. The molecule has 10 nitrogen and oxygen atoms in total. The van der Waals surface area contributed by atoms with Crippen LogP contribution in [0, 0.1) is 0 Å². The molecule has 1 aliphatic rings. The highest BCUT2D eigenvalue weighted by molar-refractivity contribution is 6.05. The predicted octanol–water partition coefficient (Wildman–Crippen LogP) is 5.29. The number of carbonyl (C=O) groups is 1. The quantitative estimate of drug-likeness (QED) is 0.0899. The fraction of sp³-hybridized carbons (Fsp3) is 0.189. The summed E-state index contributed by atoms with van der Waals surface area (Å²) in [5.41, 5.74) is 6.17. The first-order valence-electron chi connectivity index (χ1n) is 15.3. The van der Waals surface area contributed by atoms with E-state index >= 15 is 4.79 Å². The van der Waals surface area contributed by atoms with Crippen molar-refractivity contribution in [3.05, 3.63) is 156 Å². The number of imidazole rings is 1. The molecule has 3 N–H and O–H groups in total. The smallest absolute Gasteiger partial charge is 0.209 e. The summed E-state index contributed by atoms with van der Waals surface area (Å²) < 4.78 is 8.45. The number of rotatable bonds is 10. The van der Waals surface area contributed by atoms with Crippen molar-refractivity contribution in [2.75, 3.05) is 12.8 Å². The molecule has 6 aromatic rings. The molecule has 1 unspecified atom stereocenters. The third kappa shape index (κ3) is 4.81. The number of carbonyl (C=O) groups excluding carboxylic acids is 1. The topological polar surface area (TPSA) is 135 Å². The maximum absolute atomic E-state index is 15.5. The van der Waals surface area contributed by atoms with Gasteiger partial charge in [-0.15, -0.1) is 0 Å². The number of anilines is 1. The van der Waals surface area contributed by atoms with E-state index in [0.717, 1.165) is 16.7 Å². The number of fused-ring (bicyclic) bond motifs is 1. The Morgan fingerprint density at radius 1 is 0.830 bits per heavy atom. The summed E-state index contributed by atoms with van der Waals surface area (Å²) in [6, 6.07) is 38.1. The van der Waals surface area contributed by atoms with E-state index in [9.17, 15) is 5.11 Å². The Balaban J connectivity index is 1.55. The Morgan fingerprint density at radius 3 is 1.89 bits per heavy atom. The van der Waals surface area contributed by atoms with Gasteiger partial charge in [-0.2, -0.15) is 0 Å². The highest BCUT2D eigenvalue weighted by Crippen LogP contribution is 2.55. The second-order valence-corrected chi connectivity index (χ2v) is 11.4. The van der Waals surface area contributed by atoms with Gasteiger partial charge in [0.15, 0.2) is 17.7 Å². The van der Waals surface area contributed by atoms with Crippen LogP contribution in [-0.2, 0) is 19.9 Å². The van der Waals surface area contributed by atoms with Crippen LogP contribution in [0.1, 0.15) is 39.7 Å². The molecule has 0 bridgehead atoms. The zero-order valence-corrected chi connectivity index (χ0v) is 25.6. The highest BCUT2D eigenvalue weighted by atomic mass is 17.2. The molecule has 4 aromatic carbocycles. The summed E-state index contributed by atoms with van der Waals surface area (Å²) in [4.78, 5) is 40.5. The zero-order chi connectivity index (χ0) is 32.4. The minimum Gasteiger partial charge on any atom is -0.388 e. The summed E-state index contributed by atoms with van der Waals surface area (Å²) in [6.45, 7) is 0. The third-order valence-electron chi connectivity index (χ3n) is 8.97. The van der Waals surface area contributed by atoms with Crippen LogP contribution < -0.4 is 5.73 Å². The van der Waals surface area contributed by atoms with Crippen molar-refractivity contribution in [3.63, 3.8) is 0 Å². The lowest BCUT2D eigenvalue weighted by atomic mass is 9.55. The second kappa shape index (κ2) is 12.5. The van der Waals surface area contributed by atoms with Crippen LogP contribution in [0.15, 0.2) is 134 Å². The van der Waals surface area contributed by atoms with Crippen molar-refractivity contribution < 1.29 is 24.4 Å². The molecule has 4 atom stereocenters. The van der Waals surface area contributed by atoms with Gasteiger partial charge in [-0.1, -0.05) is 121 Å². The SMILES string of the molecule is COOC(C(=O)c1ccccc1)([C@@H]1C[C@@H](O)[C@H](n2cnc3c(N)ncnc32)O1)C(c1ccccc1)(c1ccccc1)c1ccccc1. The van der Waals surface area contributed by atoms with E-state index in [1.165, 1.54) is 19.8 Å². The van der Waals surface area contributed by atoms with Crippen molar-refractivity contribution in [1.82, 2.24) is 19.5 Å². The molecular weight excluding hydrogens is 594 g/mol. The van der Waals surface area contributed by atoms with Crippen LogP contribution in [0.4, 0.5) is 5.82 Å². The fourth-order valence-electron chi connectivity index (χ4n) is 7.07. The van der Waals surface area contributed by atoms with Crippen LogP contribution in [0.3, 0.4) is 0 Å². The van der Waals surface area contributed by atoms with Gasteiger partial charge >= 0.3 is 0 Å². The van der Waals surface area contributed by atoms with Crippen LogP contribution in [0.2, 0.25) is 0 Å². The fourth-order valence-corrected chi connectivity index (χ4v) is 7.07. The molecular formula is C37H33N5O5. The molecule has 1 fully saturated rings. The van der Waals surface area contributed by atoms with Gasteiger partial charge in [-0.25, -0.2) is 24.7 Å². The normalized spacial score (nSPS) is 19.4. The number of ketones is 1. The van der Waals surface area contributed by atoms with Gasteiger partial charge in [0.2, 0.25) is 11.4 Å². The zero-order valence-electron chi connectivity index (χ0n) is 25.6. The molecule has 0 spiro atoms. The molecule has 0 aliphatic carbocycles. The average Bonchev–Trinajstić information content (AvgIpc) is 3.73. The molecule has 1 saturated heterocycles. The van der Waals surface area contributed by atoms with Gasteiger partial charge in [-0.3, -0.25) is 9.36 Å². The number of aromatic nitrogens is 4. The molecule has 3 heterocycles. The minimum absolute atomic E-state index is 0.00108. The first-order chi connectivity index (χ1) is 23.0. The van der Waals surface area contributed by atoms with Gasteiger partial charge in [0.05, 0.1) is 18.9 Å². The highest BCUT2D eigenvalue weighted by Gasteiger charge is 2.68. The van der Waals surface area contributed by atoms with Gasteiger partial charge in [-0.05, 0) is 16.7 Å². The lowest BCUT2D eigenvalue weighted by molar-refractivity contribution is -0.358. The Bertz CT molecular complexity index is 1880. The maximum atomic E-state index is 15.5. The molecule has 236 valence electrons. The van der Waals surface area contributed by atoms with Crippen LogP contribution >= 0.6 is 0 Å². The number of hydrogen-bond acceptors (Lipinski definition) is 9. The lowest BCUT2D eigenvalue weighted by Crippen LogP contribution is -2.66. The van der Waals surface area contributed by atoms with E-state index in [2.05, 4.69) is 15.0 Å². The Kier molecular flexibility index (Phi) is 8.09. The van der Waals surface area contributed by atoms with Gasteiger partial charge in [0.1, 0.15) is 24.1 Å². The van der Waals surface area contributed by atoms with Crippen molar-refractivity contribution in [3.8, 4) is 0 Å². The third-order valence-corrected chi connectivity index (χ3v) is 8.97. The van der Waals surface area contributed by atoms with E-state index in [1.54, 1.807) is 28.8 Å². The number of nitrogen functional groups attached to an aromatic ring is 1. The number of nitrogens with zero attached hydrogens (tertiary/aromatic N) is 4. The van der Waals surface area contributed by atoms with Crippen LogP contribution in [-0.4, -0.2) is 55.3 Å². The monoisotopic (exact) mass is 627 g/mol.